The molecule has 0 spiro atoms. The van der Waals surface area contributed by atoms with E-state index >= 15 is 0 Å². The first-order valence-electron chi connectivity index (χ1n) is 5.89. The summed E-state index contributed by atoms with van der Waals surface area (Å²) in [5.41, 5.74) is 5.32. The Bertz CT molecular complexity index is 604. The van der Waals surface area contributed by atoms with Gasteiger partial charge in [0.15, 0.2) is 0 Å². The Hall–Kier alpha value is -1.15. The van der Waals surface area contributed by atoms with Crippen LogP contribution in [0.1, 0.15) is 23.7 Å². The average molecular weight is 368 g/mol. The summed E-state index contributed by atoms with van der Waals surface area (Å²) < 4.78 is 40.8. The summed E-state index contributed by atoms with van der Waals surface area (Å²) >= 11 is 3.04. The first-order valence-corrected chi connectivity index (χ1v) is 8.50. The lowest BCUT2D eigenvalue weighted by Gasteiger charge is -2.08. The molecule has 112 valence electrons. The number of sulfone groups is 1. The summed E-state index contributed by atoms with van der Waals surface area (Å²) in [6.07, 6.45) is 0.218. The van der Waals surface area contributed by atoms with Crippen LogP contribution in [0.2, 0.25) is 0 Å². The van der Waals surface area contributed by atoms with Crippen LogP contribution in [-0.4, -0.2) is 32.5 Å². The smallest absolute Gasteiger partial charge is 0.339 e. The first kappa shape index (κ1) is 16.9. The van der Waals surface area contributed by atoms with Gasteiger partial charge in [-0.05, 0) is 34.5 Å². The quantitative estimate of drug-likeness (QED) is 0.472. The molecule has 0 unspecified atom stereocenters. The first-order chi connectivity index (χ1) is 9.26. The standard InChI is InChI=1S/C12H15BrFNO4S/c1-2-20(17,18)5-3-4-19-12(16)8-6-11(15)10(14)7-9(8)13/h6-7H,2-5,15H2,1H3. The molecular weight excluding hydrogens is 353 g/mol. The van der Waals surface area contributed by atoms with Gasteiger partial charge in [-0.15, -0.1) is 0 Å². The number of benzene rings is 1. The fourth-order valence-electron chi connectivity index (χ4n) is 1.39. The highest BCUT2D eigenvalue weighted by molar-refractivity contribution is 9.10. The summed E-state index contributed by atoms with van der Waals surface area (Å²) in [6, 6.07) is 2.25. The van der Waals surface area contributed by atoms with E-state index in [1.54, 1.807) is 6.92 Å². The molecule has 0 aliphatic heterocycles. The number of ether oxygens (including phenoxy) is 1. The second kappa shape index (κ2) is 7.03. The Morgan fingerprint density at radius 1 is 1.45 bits per heavy atom. The third-order valence-corrected chi connectivity index (χ3v) is 5.03. The zero-order valence-electron chi connectivity index (χ0n) is 10.9. The van der Waals surface area contributed by atoms with E-state index in [9.17, 15) is 17.6 Å². The second-order valence-corrected chi connectivity index (χ2v) is 7.41. The van der Waals surface area contributed by atoms with E-state index in [2.05, 4.69) is 15.9 Å². The molecule has 1 rings (SSSR count). The number of halogens is 2. The van der Waals surface area contributed by atoms with E-state index in [1.807, 2.05) is 0 Å². The zero-order valence-corrected chi connectivity index (χ0v) is 13.3. The Balaban J connectivity index is 2.58. The van der Waals surface area contributed by atoms with E-state index < -0.39 is 21.6 Å². The molecule has 0 saturated carbocycles. The van der Waals surface area contributed by atoms with E-state index in [1.165, 1.54) is 6.07 Å². The molecule has 20 heavy (non-hydrogen) atoms. The van der Waals surface area contributed by atoms with Crippen LogP contribution in [0.3, 0.4) is 0 Å². The highest BCUT2D eigenvalue weighted by Gasteiger charge is 2.15. The lowest BCUT2D eigenvalue weighted by Crippen LogP contribution is -2.13. The molecule has 2 N–H and O–H groups in total. The molecule has 0 bridgehead atoms. The van der Waals surface area contributed by atoms with Crippen molar-refractivity contribution in [3.8, 4) is 0 Å². The number of nitrogen functional groups attached to an aromatic ring is 1. The van der Waals surface area contributed by atoms with E-state index in [-0.39, 0.29) is 40.3 Å². The molecule has 1 aromatic carbocycles. The molecular formula is C12H15BrFNO4S. The minimum absolute atomic E-state index is 0.0260. The summed E-state index contributed by atoms with van der Waals surface area (Å²) in [4.78, 5) is 11.7. The van der Waals surface area contributed by atoms with Crippen molar-refractivity contribution < 1.29 is 22.3 Å². The molecule has 0 saturated heterocycles. The molecule has 5 nitrogen and oxygen atoms in total. The van der Waals surface area contributed by atoms with Crippen molar-refractivity contribution in [1.82, 2.24) is 0 Å². The molecule has 8 heteroatoms. The molecule has 0 heterocycles. The Morgan fingerprint density at radius 2 is 2.10 bits per heavy atom. The molecule has 0 radical (unpaired) electrons. The number of esters is 1. The number of nitrogens with two attached hydrogens (primary N) is 1. The predicted octanol–water partition coefficient (Wildman–Crippen LogP) is 2.15. The average Bonchev–Trinajstić information content (AvgIpc) is 2.38. The number of hydrogen-bond donors (Lipinski definition) is 1. The van der Waals surface area contributed by atoms with Crippen LogP contribution in [0.4, 0.5) is 10.1 Å². The van der Waals surface area contributed by atoms with Crippen LogP contribution < -0.4 is 5.73 Å². The van der Waals surface area contributed by atoms with Crippen LogP contribution >= 0.6 is 15.9 Å². The van der Waals surface area contributed by atoms with Crippen molar-refractivity contribution in [2.45, 2.75) is 13.3 Å². The molecule has 0 aromatic heterocycles. The summed E-state index contributed by atoms with van der Waals surface area (Å²) in [5.74, 6) is -1.30. The maximum atomic E-state index is 13.1. The van der Waals surface area contributed by atoms with Gasteiger partial charge in [-0.3, -0.25) is 0 Å². The van der Waals surface area contributed by atoms with Crippen LogP contribution in [0.25, 0.3) is 0 Å². The monoisotopic (exact) mass is 367 g/mol. The van der Waals surface area contributed by atoms with Crippen molar-refractivity contribution in [2.24, 2.45) is 0 Å². The van der Waals surface area contributed by atoms with Gasteiger partial charge >= 0.3 is 5.97 Å². The Morgan fingerprint density at radius 3 is 2.70 bits per heavy atom. The normalized spacial score (nSPS) is 11.3. The fraction of sp³-hybridized carbons (Fsp3) is 0.417. The maximum Gasteiger partial charge on any atom is 0.339 e. The SMILES string of the molecule is CCS(=O)(=O)CCCOC(=O)c1cc(N)c(F)cc1Br. The number of hydrogen-bond acceptors (Lipinski definition) is 5. The lowest BCUT2D eigenvalue weighted by molar-refractivity contribution is 0.0504. The third-order valence-electron chi connectivity index (χ3n) is 2.58. The fourth-order valence-corrected chi connectivity index (χ4v) is 2.71. The minimum atomic E-state index is -3.07. The molecule has 0 aliphatic rings. The maximum absolute atomic E-state index is 13.1. The van der Waals surface area contributed by atoms with E-state index in [0.717, 1.165) is 6.07 Å². The number of anilines is 1. The Labute approximate surface area is 125 Å². The van der Waals surface area contributed by atoms with Crippen LogP contribution in [-0.2, 0) is 14.6 Å². The van der Waals surface area contributed by atoms with Gasteiger partial charge in [0.1, 0.15) is 15.7 Å². The summed E-state index contributed by atoms with van der Waals surface area (Å²) in [6.45, 7) is 1.53. The van der Waals surface area contributed by atoms with Gasteiger partial charge < -0.3 is 10.5 Å². The van der Waals surface area contributed by atoms with Crippen molar-refractivity contribution >= 4 is 37.4 Å². The van der Waals surface area contributed by atoms with E-state index in [4.69, 9.17) is 10.5 Å². The van der Waals surface area contributed by atoms with Gasteiger partial charge in [0.25, 0.3) is 0 Å². The molecule has 0 amide bonds. The summed E-state index contributed by atoms with van der Waals surface area (Å²) in [7, 11) is -3.07. The van der Waals surface area contributed by atoms with Gasteiger partial charge in [0, 0.05) is 10.2 Å². The minimum Gasteiger partial charge on any atom is -0.462 e. The molecule has 0 atom stereocenters. The third kappa shape index (κ3) is 4.75. The molecule has 0 aliphatic carbocycles. The van der Waals surface area contributed by atoms with Crippen LogP contribution in [0, 0.1) is 5.82 Å². The van der Waals surface area contributed by atoms with Crippen molar-refractivity contribution in [3.63, 3.8) is 0 Å². The second-order valence-electron chi connectivity index (χ2n) is 4.08. The van der Waals surface area contributed by atoms with Crippen LogP contribution in [0.5, 0.6) is 0 Å². The summed E-state index contributed by atoms with van der Waals surface area (Å²) in [5, 5.41) is 0. The van der Waals surface area contributed by atoms with Crippen molar-refractivity contribution in [2.75, 3.05) is 23.8 Å². The van der Waals surface area contributed by atoms with Gasteiger partial charge in [-0.1, -0.05) is 6.92 Å². The molecule has 1 aromatic rings. The number of carbonyl (C=O) groups excluding carboxylic acids is 1. The lowest BCUT2D eigenvalue weighted by atomic mass is 10.2. The Kier molecular flexibility index (Phi) is 5.94. The zero-order chi connectivity index (χ0) is 15.3. The topological polar surface area (TPSA) is 86.5 Å². The van der Waals surface area contributed by atoms with Gasteiger partial charge in [-0.2, -0.15) is 0 Å². The number of rotatable bonds is 6. The predicted molar refractivity (Wildman–Crippen MR) is 77.7 cm³/mol. The molecule has 0 fully saturated rings. The van der Waals surface area contributed by atoms with Crippen molar-refractivity contribution in [1.29, 1.82) is 0 Å². The van der Waals surface area contributed by atoms with Crippen molar-refractivity contribution in [3.05, 3.63) is 28.0 Å². The van der Waals surface area contributed by atoms with Gasteiger partial charge in [0.2, 0.25) is 0 Å². The van der Waals surface area contributed by atoms with E-state index in [0.29, 0.717) is 0 Å². The highest BCUT2D eigenvalue weighted by Crippen LogP contribution is 2.23. The van der Waals surface area contributed by atoms with Crippen LogP contribution in [0.15, 0.2) is 16.6 Å². The largest absolute Gasteiger partial charge is 0.462 e. The number of carbonyl (C=O) groups is 1. The van der Waals surface area contributed by atoms with Gasteiger partial charge in [0.05, 0.1) is 23.6 Å². The van der Waals surface area contributed by atoms with Gasteiger partial charge in [-0.25, -0.2) is 17.6 Å². The highest BCUT2D eigenvalue weighted by atomic mass is 79.9.